The summed E-state index contributed by atoms with van der Waals surface area (Å²) in [5, 5.41) is 31.5. The number of carboxylic acid groups (broad SMARTS) is 1. The number of amides is 1. The van der Waals surface area contributed by atoms with Gasteiger partial charge in [-0.2, -0.15) is 0 Å². The molecule has 7 atom stereocenters. The molecule has 11 heteroatoms. The maximum absolute atomic E-state index is 12.5. The van der Waals surface area contributed by atoms with Crippen molar-refractivity contribution in [3.8, 4) is 0 Å². The number of aliphatic carboxylic acids is 1. The molecular weight excluding hydrogens is 418 g/mol. The minimum Gasteiger partial charge on any atom is -0.480 e. The third-order valence-corrected chi connectivity index (χ3v) is 6.21. The number of nitrogens with one attached hydrogen (secondary N) is 1. The molecule has 1 aliphatic heterocycles. The molecule has 1 amide bonds. The van der Waals surface area contributed by atoms with Crippen molar-refractivity contribution < 1.29 is 43.3 Å². The molecule has 0 bridgehead atoms. The SMILES string of the molecule is COC1OC(CS(=O)CC(NC(=O)OCc2ccccc2)C(=O)O)C(C)C(O)C1O. The van der Waals surface area contributed by atoms with Gasteiger partial charge in [0.25, 0.3) is 0 Å². The van der Waals surface area contributed by atoms with Gasteiger partial charge in [0, 0.05) is 23.8 Å². The molecule has 168 valence electrons. The Kier molecular flexibility index (Phi) is 9.18. The standard InChI is InChI=1S/C19H27NO9S/c1-11-14(29-18(27-2)16(22)15(11)21)10-30(26)9-13(17(23)24)20-19(25)28-8-12-6-4-3-5-7-12/h3-7,11,13-16,18,21-22H,8-10H2,1-2H3,(H,20,25)(H,23,24). The van der Waals surface area contributed by atoms with E-state index in [0.717, 1.165) is 5.56 Å². The molecule has 1 saturated heterocycles. The number of carbonyl (C=O) groups is 2. The lowest BCUT2D eigenvalue weighted by Gasteiger charge is -2.40. The predicted octanol–water partition coefficient (Wildman–Crippen LogP) is -0.156. The first-order valence-corrected chi connectivity index (χ1v) is 10.8. The van der Waals surface area contributed by atoms with E-state index < -0.39 is 59.4 Å². The third kappa shape index (κ3) is 6.74. The van der Waals surface area contributed by atoms with Crippen LogP contribution in [0.3, 0.4) is 0 Å². The highest BCUT2D eigenvalue weighted by Crippen LogP contribution is 2.27. The minimum atomic E-state index is -1.71. The highest BCUT2D eigenvalue weighted by Gasteiger charge is 2.43. The Labute approximate surface area is 176 Å². The summed E-state index contributed by atoms with van der Waals surface area (Å²) in [6, 6.07) is 7.44. The molecule has 4 N–H and O–H groups in total. The molecule has 0 saturated carbocycles. The molecule has 1 fully saturated rings. The molecule has 30 heavy (non-hydrogen) atoms. The Balaban J connectivity index is 1.88. The summed E-state index contributed by atoms with van der Waals surface area (Å²) in [5.74, 6) is -2.39. The zero-order valence-electron chi connectivity index (χ0n) is 16.7. The van der Waals surface area contributed by atoms with Gasteiger partial charge in [0.15, 0.2) is 6.29 Å². The fraction of sp³-hybridized carbons (Fsp3) is 0.579. The normalized spacial score (nSPS) is 28.3. The van der Waals surface area contributed by atoms with Gasteiger partial charge in [0.2, 0.25) is 0 Å². The molecule has 1 aromatic carbocycles. The average Bonchev–Trinajstić information content (AvgIpc) is 2.72. The van der Waals surface area contributed by atoms with Crippen LogP contribution in [0, 0.1) is 5.92 Å². The second kappa shape index (κ2) is 11.4. The first-order valence-electron chi connectivity index (χ1n) is 9.32. The first-order chi connectivity index (χ1) is 14.2. The van der Waals surface area contributed by atoms with Crippen molar-refractivity contribution in [3.05, 3.63) is 35.9 Å². The summed E-state index contributed by atoms with van der Waals surface area (Å²) in [6.45, 7) is 1.59. The maximum Gasteiger partial charge on any atom is 0.408 e. The van der Waals surface area contributed by atoms with Gasteiger partial charge < -0.3 is 34.8 Å². The van der Waals surface area contributed by atoms with Crippen molar-refractivity contribution in [2.75, 3.05) is 18.6 Å². The van der Waals surface area contributed by atoms with Crippen LogP contribution in [-0.2, 0) is 36.4 Å². The van der Waals surface area contributed by atoms with Gasteiger partial charge >= 0.3 is 12.1 Å². The van der Waals surface area contributed by atoms with Crippen LogP contribution >= 0.6 is 0 Å². The van der Waals surface area contributed by atoms with E-state index in [4.69, 9.17) is 14.2 Å². The monoisotopic (exact) mass is 445 g/mol. The number of methoxy groups -OCH3 is 1. The van der Waals surface area contributed by atoms with Gasteiger partial charge in [0.05, 0.1) is 23.7 Å². The molecule has 0 aliphatic carbocycles. The number of hydrogen-bond acceptors (Lipinski definition) is 8. The molecule has 7 unspecified atom stereocenters. The topological polar surface area (TPSA) is 152 Å². The predicted molar refractivity (Wildman–Crippen MR) is 106 cm³/mol. The zero-order chi connectivity index (χ0) is 22.3. The summed E-state index contributed by atoms with van der Waals surface area (Å²) in [5.41, 5.74) is 0.736. The van der Waals surface area contributed by atoms with Crippen LogP contribution in [0.4, 0.5) is 4.79 Å². The van der Waals surface area contributed by atoms with Crippen LogP contribution in [-0.4, -0.2) is 80.9 Å². The molecule has 10 nitrogen and oxygen atoms in total. The Morgan fingerprint density at radius 3 is 2.50 bits per heavy atom. The number of carbonyl (C=O) groups excluding carboxylic acids is 1. The van der Waals surface area contributed by atoms with Crippen molar-refractivity contribution >= 4 is 22.9 Å². The lowest BCUT2D eigenvalue weighted by molar-refractivity contribution is -0.270. The number of alkyl carbamates (subject to hydrolysis) is 1. The van der Waals surface area contributed by atoms with Gasteiger partial charge in [-0.05, 0) is 5.56 Å². The highest BCUT2D eigenvalue weighted by atomic mass is 32.2. The van der Waals surface area contributed by atoms with E-state index >= 15 is 0 Å². The lowest BCUT2D eigenvalue weighted by atomic mass is 9.91. The second-order valence-electron chi connectivity index (χ2n) is 6.99. The van der Waals surface area contributed by atoms with E-state index in [-0.39, 0.29) is 18.1 Å². The Hall–Kier alpha value is -2.05. The Morgan fingerprint density at radius 1 is 1.23 bits per heavy atom. The van der Waals surface area contributed by atoms with Crippen molar-refractivity contribution in [1.29, 1.82) is 0 Å². The van der Waals surface area contributed by atoms with Gasteiger partial charge in [-0.25, -0.2) is 9.59 Å². The molecule has 1 aliphatic rings. The van der Waals surface area contributed by atoms with Crippen molar-refractivity contribution in [2.45, 2.75) is 44.2 Å². The van der Waals surface area contributed by atoms with E-state index in [1.165, 1.54) is 7.11 Å². The number of ether oxygens (including phenoxy) is 3. The molecule has 0 aromatic heterocycles. The average molecular weight is 445 g/mol. The summed E-state index contributed by atoms with van der Waals surface area (Å²) in [7, 11) is -0.411. The van der Waals surface area contributed by atoms with Crippen molar-refractivity contribution in [3.63, 3.8) is 0 Å². The third-order valence-electron chi connectivity index (χ3n) is 4.80. The molecule has 2 rings (SSSR count). The van der Waals surface area contributed by atoms with Crippen LogP contribution in [0.2, 0.25) is 0 Å². The molecule has 0 radical (unpaired) electrons. The van der Waals surface area contributed by atoms with E-state index in [1.807, 2.05) is 6.07 Å². The zero-order valence-corrected chi connectivity index (χ0v) is 17.5. The van der Waals surface area contributed by atoms with Crippen LogP contribution in [0.1, 0.15) is 12.5 Å². The Morgan fingerprint density at radius 2 is 1.90 bits per heavy atom. The van der Waals surface area contributed by atoms with Crippen LogP contribution < -0.4 is 5.32 Å². The summed E-state index contributed by atoms with van der Waals surface area (Å²) >= 11 is 0. The minimum absolute atomic E-state index is 0.0336. The highest BCUT2D eigenvalue weighted by molar-refractivity contribution is 7.85. The first kappa shape index (κ1) is 24.2. The van der Waals surface area contributed by atoms with Crippen LogP contribution in [0.15, 0.2) is 30.3 Å². The number of carboxylic acids is 1. The van der Waals surface area contributed by atoms with E-state index in [1.54, 1.807) is 31.2 Å². The maximum atomic E-state index is 12.5. The summed E-state index contributed by atoms with van der Waals surface area (Å²) < 4.78 is 28.0. The van der Waals surface area contributed by atoms with Gasteiger partial charge in [-0.1, -0.05) is 37.3 Å². The second-order valence-corrected chi connectivity index (χ2v) is 8.54. The van der Waals surface area contributed by atoms with Crippen LogP contribution in [0.5, 0.6) is 0 Å². The number of hydrogen-bond donors (Lipinski definition) is 4. The lowest BCUT2D eigenvalue weighted by Crippen LogP contribution is -2.55. The van der Waals surface area contributed by atoms with E-state index in [0.29, 0.717) is 0 Å². The number of aliphatic hydroxyl groups excluding tert-OH is 2. The van der Waals surface area contributed by atoms with Gasteiger partial charge in [0.1, 0.15) is 18.8 Å². The number of benzene rings is 1. The van der Waals surface area contributed by atoms with E-state index in [2.05, 4.69) is 5.32 Å². The molecular formula is C19H27NO9S. The quantitative estimate of drug-likeness (QED) is 0.406. The fourth-order valence-corrected chi connectivity index (χ4v) is 4.46. The largest absolute Gasteiger partial charge is 0.480 e. The van der Waals surface area contributed by atoms with Crippen LogP contribution in [0.25, 0.3) is 0 Å². The Bertz CT molecular complexity index is 730. The van der Waals surface area contributed by atoms with Crippen molar-refractivity contribution in [1.82, 2.24) is 5.32 Å². The number of aliphatic hydroxyl groups is 2. The summed E-state index contributed by atoms with van der Waals surface area (Å²) in [4.78, 5) is 23.4. The van der Waals surface area contributed by atoms with Gasteiger partial charge in [-0.3, -0.25) is 4.21 Å². The molecule has 1 aromatic rings. The molecule has 1 heterocycles. The van der Waals surface area contributed by atoms with Crippen molar-refractivity contribution in [2.24, 2.45) is 5.92 Å². The van der Waals surface area contributed by atoms with E-state index in [9.17, 15) is 29.1 Å². The molecule has 0 spiro atoms. The van der Waals surface area contributed by atoms with Gasteiger partial charge in [-0.15, -0.1) is 0 Å². The summed E-state index contributed by atoms with van der Waals surface area (Å²) in [6.07, 6.45) is -5.15. The fourth-order valence-electron chi connectivity index (χ4n) is 2.97. The number of rotatable bonds is 9. The smallest absolute Gasteiger partial charge is 0.408 e.